The lowest BCUT2D eigenvalue weighted by Crippen LogP contribution is -2.20. The van der Waals surface area contributed by atoms with Crippen LogP contribution in [0.5, 0.6) is 5.75 Å². The van der Waals surface area contributed by atoms with Gasteiger partial charge in [0.1, 0.15) is 5.75 Å². The number of nitrogens with one attached hydrogen (secondary N) is 1. The van der Waals surface area contributed by atoms with E-state index < -0.39 is 0 Å². The maximum Gasteiger partial charge on any atom is 0.262 e. The number of carbonyl (C=O) groups is 1. The molecule has 110 valence electrons. The summed E-state index contributed by atoms with van der Waals surface area (Å²) in [5.74, 6) is -0.0632. The number of amides is 1. The van der Waals surface area contributed by atoms with Crippen LogP contribution in [0.1, 0.15) is 0 Å². The normalized spacial score (nSPS) is 10.3. The van der Waals surface area contributed by atoms with E-state index in [4.69, 9.17) is 51.1 Å². The second-order valence-electron chi connectivity index (χ2n) is 4.04. The molecule has 0 aliphatic rings. The molecule has 0 spiro atoms. The summed E-state index contributed by atoms with van der Waals surface area (Å²) in [6.07, 6.45) is 0. The molecule has 0 aliphatic carbocycles. The molecule has 0 aromatic heterocycles. The fourth-order valence-corrected chi connectivity index (χ4v) is 2.30. The van der Waals surface area contributed by atoms with Crippen molar-refractivity contribution in [3.05, 3.63) is 56.5 Å². The molecule has 0 unspecified atom stereocenters. The molecule has 1 N–H and O–H groups in total. The number of hydrogen-bond donors (Lipinski definition) is 1. The highest BCUT2D eigenvalue weighted by Crippen LogP contribution is 2.33. The lowest BCUT2D eigenvalue weighted by Gasteiger charge is -2.10. The number of carbonyl (C=O) groups excluding carboxylic acids is 1. The van der Waals surface area contributed by atoms with Crippen molar-refractivity contribution in [1.29, 1.82) is 0 Å². The largest absolute Gasteiger partial charge is 0.482 e. The number of rotatable bonds is 4. The highest BCUT2D eigenvalue weighted by atomic mass is 35.5. The first-order valence-electron chi connectivity index (χ1n) is 5.78. The van der Waals surface area contributed by atoms with Gasteiger partial charge in [0.2, 0.25) is 0 Å². The van der Waals surface area contributed by atoms with Crippen LogP contribution in [0.3, 0.4) is 0 Å². The molecule has 0 saturated carbocycles. The number of benzene rings is 2. The minimum Gasteiger partial charge on any atom is -0.482 e. The molecule has 0 aliphatic heterocycles. The van der Waals surface area contributed by atoms with E-state index in [9.17, 15) is 4.79 Å². The van der Waals surface area contributed by atoms with Crippen molar-refractivity contribution >= 4 is 58.0 Å². The van der Waals surface area contributed by atoms with Gasteiger partial charge in [0.15, 0.2) is 6.61 Å². The van der Waals surface area contributed by atoms with Crippen LogP contribution < -0.4 is 10.1 Å². The monoisotopic (exact) mass is 363 g/mol. The second-order valence-corrected chi connectivity index (χ2v) is 5.70. The number of hydrogen-bond acceptors (Lipinski definition) is 2. The third-order valence-electron chi connectivity index (χ3n) is 2.44. The summed E-state index contributed by atoms with van der Waals surface area (Å²) in [7, 11) is 0. The fraction of sp³-hybridized carbons (Fsp3) is 0.0714. The molecule has 2 aromatic rings. The highest BCUT2D eigenvalue weighted by Gasteiger charge is 2.09. The topological polar surface area (TPSA) is 38.3 Å². The number of halogens is 4. The average molecular weight is 365 g/mol. The van der Waals surface area contributed by atoms with Crippen LogP contribution in [-0.2, 0) is 4.79 Å². The van der Waals surface area contributed by atoms with E-state index in [0.29, 0.717) is 20.8 Å². The summed E-state index contributed by atoms with van der Waals surface area (Å²) in [6, 6.07) is 9.70. The van der Waals surface area contributed by atoms with Crippen molar-refractivity contribution in [1.82, 2.24) is 0 Å². The van der Waals surface area contributed by atoms with E-state index in [1.807, 2.05) is 0 Å². The zero-order valence-electron chi connectivity index (χ0n) is 10.5. The van der Waals surface area contributed by atoms with Gasteiger partial charge in [-0.05, 0) is 24.3 Å². The van der Waals surface area contributed by atoms with Crippen LogP contribution in [0.2, 0.25) is 20.1 Å². The summed E-state index contributed by atoms with van der Waals surface area (Å²) in [5, 5.41) is 4.07. The van der Waals surface area contributed by atoms with Gasteiger partial charge in [0.05, 0.1) is 15.1 Å². The third kappa shape index (κ3) is 4.68. The quantitative estimate of drug-likeness (QED) is 0.745. The number of ether oxygens (including phenoxy) is 1. The van der Waals surface area contributed by atoms with Crippen LogP contribution in [0, 0.1) is 0 Å². The van der Waals surface area contributed by atoms with Gasteiger partial charge < -0.3 is 10.1 Å². The molecule has 21 heavy (non-hydrogen) atoms. The van der Waals surface area contributed by atoms with Crippen LogP contribution in [0.25, 0.3) is 0 Å². The van der Waals surface area contributed by atoms with Gasteiger partial charge in [-0.2, -0.15) is 0 Å². The van der Waals surface area contributed by atoms with Crippen molar-refractivity contribution in [2.45, 2.75) is 0 Å². The molecule has 0 fully saturated rings. The van der Waals surface area contributed by atoms with Crippen LogP contribution in [0.4, 0.5) is 5.69 Å². The smallest absolute Gasteiger partial charge is 0.262 e. The fourth-order valence-electron chi connectivity index (χ4n) is 1.52. The Hall–Kier alpha value is -1.13. The van der Waals surface area contributed by atoms with E-state index >= 15 is 0 Å². The van der Waals surface area contributed by atoms with Crippen LogP contribution >= 0.6 is 46.4 Å². The van der Waals surface area contributed by atoms with Crippen molar-refractivity contribution < 1.29 is 9.53 Å². The van der Waals surface area contributed by atoms with E-state index in [2.05, 4.69) is 5.32 Å². The van der Waals surface area contributed by atoms with Crippen molar-refractivity contribution in [2.75, 3.05) is 11.9 Å². The minimum atomic E-state index is -0.348. The Morgan fingerprint density at radius 1 is 1.00 bits per heavy atom. The van der Waals surface area contributed by atoms with Gasteiger partial charge in [-0.1, -0.05) is 52.5 Å². The third-order valence-corrected chi connectivity index (χ3v) is 3.69. The number of anilines is 1. The van der Waals surface area contributed by atoms with E-state index in [1.54, 1.807) is 24.3 Å². The summed E-state index contributed by atoms with van der Waals surface area (Å²) < 4.78 is 5.32. The maximum atomic E-state index is 11.8. The molecular weight excluding hydrogens is 356 g/mol. The summed E-state index contributed by atoms with van der Waals surface area (Å²) >= 11 is 23.4. The summed E-state index contributed by atoms with van der Waals surface area (Å²) in [5.41, 5.74) is 0.580. The van der Waals surface area contributed by atoms with E-state index in [1.165, 1.54) is 12.1 Å². The Morgan fingerprint density at radius 3 is 2.43 bits per heavy atom. The van der Waals surface area contributed by atoms with E-state index in [-0.39, 0.29) is 23.3 Å². The van der Waals surface area contributed by atoms with Crippen molar-refractivity contribution in [2.24, 2.45) is 0 Å². The maximum absolute atomic E-state index is 11.8. The van der Waals surface area contributed by atoms with E-state index in [0.717, 1.165) is 0 Å². The molecular formula is C14H9Cl4NO2. The van der Waals surface area contributed by atoms with Crippen LogP contribution in [-0.4, -0.2) is 12.5 Å². The second kappa shape index (κ2) is 7.23. The molecule has 0 atom stereocenters. The molecule has 2 aromatic carbocycles. The molecule has 0 saturated heterocycles. The Bertz CT molecular complexity index is 676. The summed E-state index contributed by atoms with van der Waals surface area (Å²) in [6.45, 7) is -0.218. The molecule has 1 amide bonds. The van der Waals surface area contributed by atoms with Gasteiger partial charge >= 0.3 is 0 Å². The van der Waals surface area contributed by atoms with Gasteiger partial charge in [0, 0.05) is 16.8 Å². The highest BCUT2D eigenvalue weighted by molar-refractivity contribution is 6.43. The first-order chi connectivity index (χ1) is 9.95. The molecule has 7 heteroatoms. The van der Waals surface area contributed by atoms with Crippen molar-refractivity contribution in [3.8, 4) is 5.75 Å². The predicted octanol–water partition coefficient (Wildman–Crippen LogP) is 5.32. The Balaban J connectivity index is 1.97. The lowest BCUT2D eigenvalue weighted by atomic mass is 10.3. The molecule has 2 rings (SSSR count). The zero-order valence-corrected chi connectivity index (χ0v) is 13.5. The van der Waals surface area contributed by atoms with Gasteiger partial charge in [-0.3, -0.25) is 4.79 Å². The Labute approximate surface area is 141 Å². The lowest BCUT2D eigenvalue weighted by molar-refractivity contribution is -0.118. The van der Waals surface area contributed by atoms with Crippen LogP contribution in [0.15, 0.2) is 36.4 Å². The van der Waals surface area contributed by atoms with Crippen molar-refractivity contribution in [3.63, 3.8) is 0 Å². The van der Waals surface area contributed by atoms with Gasteiger partial charge in [-0.15, -0.1) is 0 Å². The minimum absolute atomic E-state index is 0.218. The molecule has 0 bridgehead atoms. The average Bonchev–Trinajstić information content (AvgIpc) is 2.41. The predicted molar refractivity (Wildman–Crippen MR) is 87.0 cm³/mol. The molecule has 0 radical (unpaired) electrons. The van der Waals surface area contributed by atoms with Gasteiger partial charge in [-0.25, -0.2) is 0 Å². The molecule has 3 nitrogen and oxygen atoms in total. The zero-order chi connectivity index (χ0) is 15.4. The first kappa shape index (κ1) is 16.2. The van der Waals surface area contributed by atoms with Gasteiger partial charge in [0.25, 0.3) is 5.91 Å². The summed E-state index contributed by atoms with van der Waals surface area (Å²) in [4.78, 5) is 11.8. The standard InChI is InChI=1S/C14H9Cl4NO2/c15-8-2-1-3-9(4-8)19-14(20)7-21-13-6-11(17)10(16)5-12(13)18/h1-6H,7H2,(H,19,20). The SMILES string of the molecule is O=C(COc1cc(Cl)c(Cl)cc1Cl)Nc1cccc(Cl)c1. The first-order valence-corrected chi connectivity index (χ1v) is 7.29. The Morgan fingerprint density at radius 2 is 1.71 bits per heavy atom. The Kier molecular flexibility index (Phi) is 5.59. The molecule has 0 heterocycles.